The zero-order valence-corrected chi connectivity index (χ0v) is 15.3. The summed E-state index contributed by atoms with van der Waals surface area (Å²) < 4.78 is 15.6. The third-order valence-corrected chi connectivity index (χ3v) is 4.43. The summed E-state index contributed by atoms with van der Waals surface area (Å²) in [5, 5.41) is 2.99. The Morgan fingerprint density at radius 1 is 1.28 bits per heavy atom. The van der Waals surface area contributed by atoms with Gasteiger partial charge < -0.3 is 19.5 Å². The van der Waals surface area contributed by atoms with E-state index in [0.717, 1.165) is 31.7 Å². The summed E-state index contributed by atoms with van der Waals surface area (Å²) in [6, 6.07) is 5.94. The van der Waals surface area contributed by atoms with Crippen LogP contribution in [0.2, 0.25) is 0 Å². The van der Waals surface area contributed by atoms with Gasteiger partial charge in [0, 0.05) is 32.3 Å². The first-order chi connectivity index (χ1) is 12.2. The molecular weight excluding hydrogens is 320 g/mol. The van der Waals surface area contributed by atoms with E-state index in [-0.39, 0.29) is 5.91 Å². The zero-order valence-electron chi connectivity index (χ0n) is 15.3. The monoisotopic (exact) mass is 348 g/mol. The fourth-order valence-corrected chi connectivity index (χ4v) is 3.03. The topological polar surface area (TPSA) is 60.0 Å². The molecular formula is C19H28N2O4. The molecule has 1 fully saturated rings. The van der Waals surface area contributed by atoms with Gasteiger partial charge in [-0.1, -0.05) is 6.07 Å². The van der Waals surface area contributed by atoms with Crippen LogP contribution in [0.4, 0.5) is 0 Å². The van der Waals surface area contributed by atoms with E-state index in [0.29, 0.717) is 24.1 Å². The van der Waals surface area contributed by atoms with Gasteiger partial charge >= 0.3 is 0 Å². The van der Waals surface area contributed by atoms with E-state index in [1.165, 1.54) is 6.42 Å². The van der Waals surface area contributed by atoms with Crippen LogP contribution in [0, 0.1) is 0 Å². The van der Waals surface area contributed by atoms with Crippen LogP contribution < -0.4 is 14.8 Å². The zero-order chi connectivity index (χ0) is 18.1. The first kappa shape index (κ1) is 19.3. The number of ether oxygens (including phenoxy) is 3. The fourth-order valence-electron chi connectivity index (χ4n) is 3.03. The third kappa shape index (κ3) is 5.76. The van der Waals surface area contributed by atoms with Gasteiger partial charge in [0.15, 0.2) is 11.5 Å². The van der Waals surface area contributed by atoms with Crippen molar-refractivity contribution in [1.82, 2.24) is 10.2 Å². The maximum Gasteiger partial charge on any atom is 0.244 e. The Labute approximate surface area is 149 Å². The van der Waals surface area contributed by atoms with Crippen LogP contribution in [0.1, 0.15) is 18.4 Å². The number of hydrogen-bond acceptors (Lipinski definition) is 5. The number of rotatable bonds is 9. The van der Waals surface area contributed by atoms with Crippen LogP contribution in [-0.4, -0.2) is 64.4 Å². The molecule has 0 bridgehead atoms. The summed E-state index contributed by atoms with van der Waals surface area (Å²) in [5.74, 6) is 1.22. The minimum Gasteiger partial charge on any atom is -0.493 e. The van der Waals surface area contributed by atoms with Crippen molar-refractivity contribution in [3.63, 3.8) is 0 Å². The van der Waals surface area contributed by atoms with Crippen LogP contribution in [0.5, 0.6) is 11.5 Å². The minimum absolute atomic E-state index is 0.0895. The molecule has 0 aromatic heterocycles. The van der Waals surface area contributed by atoms with E-state index in [2.05, 4.69) is 10.2 Å². The SMILES string of the molecule is COCCN1CCC[C@H]1CNC(=O)/C=C\c1ccc(OC)c(OC)c1. The quantitative estimate of drug-likeness (QED) is 0.691. The first-order valence-electron chi connectivity index (χ1n) is 8.59. The largest absolute Gasteiger partial charge is 0.493 e. The van der Waals surface area contributed by atoms with Gasteiger partial charge in [0.1, 0.15) is 0 Å². The van der Waals surface area contributed by atoms with E-state index in [1.807, 2.05) is 18.2 Å². The van der Waals surface area contributed by atoms with Crippen molar-refractivity contribution in [2.24, 2.45) is 0 Å². The summed E-state index contributed by atoms with van der Waals surface area (Å²) >= 11 is 0. The number of amides is 1. The molecule has 1 aromatic rings. The Morgan fingerprint density at radius 3 is 2.80 bits per heavy atom. The molecule has 1 heterocycles. The number of benzene rings is 1. The lowest BCUT2D eigenvalue weighted by Gasteiger charge is -2.24. The third-order valence-electron chi connectivity index (χ3n) is 4.43. The average molecular weight is 348 g/mol. The highest BCUT2D eigenvalue weighted by molar-refractivity contribution is 5.91. The van der Waals surface area contributed by atoms with Gasteiger partial charge in [-0.25, -0.2) is 0 Å². The molecule has 1 amide bonds. The molecule has 25 heavy (non-hydrogen) atoms. The number of nitrogens with zero attached hydrogens (tertiary/aromatic N) is 1. The summed E-state index contributed by atoms with van der Waals surface area (Å²) in [5.41, 5.74) is 0.885. The molecule has 1 aromatic carbocycles. The Balaban J connectivity index is 1.84. The molecule has 1 aliphatic heterocycles. The smallest absolute Gasteiger partial charge is 0.244 e. The molecule has 138 valence electrons. The number of methoxy groups -OCH3 is 3. The Morgan fingerprint density at radius 2 is 2.08 bits per heavy atom. The average Bonchev–Trinajstić information content (AvgIpc) is 3.09. The predicted octanol–water partition coefficient (Wildman–Crippen LogP) is 1.94. The maximum absolute atomic E-state index is 12.1. The second-order valence-electron chi connectivity index (χ2n) is 6.02. The molecule has 0 spiro atoms. The molecule has 1 atom stereocenters. The second-order valence-corrected chi connectivity index (χ2v) is 6.02. The molecule has 6 heteroatoms. The standard InChI is InChI=1S/C19H28N2O4/c1-23-12-11-21-10-4-5-16(21)14-20-19(22)9-7-15-6-8-17(24-2)18(13-15)25-3/h6-9,13,16H,4-5,10-12,14H2,1-3H3,(H,20,22)/b9-7-/t16-/m0/s1. The Hall–Kier alpha value is -2.05. The molecule has 2 rings (SSSR count). The van der Waals surface area contributed by atoms with Gasteiger partial charge in [-0.3, -0.25) is 9.69 Å². The number of carbonyl (C=O) groups is 1. The van der Waals surface area contributed by atoms with Crippen molar-refractivity contribution >= 4 is 12.0 Å². The highest BCUT2D eigenvalue weighted by atomic mass is 16.5. The van der Waals surface area contributed by atoms with Crippen LogP contribution >= 0.6 is 0 Å². The summed E-state index contributed by atoms with van der Waals surface area (Å²) in [4.78, 5) is 14.5. The number of carbonyl (C=O) groups excluding carboxylic acids is 1. The number of nitrogens with one attached hydrogen (secondary N) is 1. The van der Waals surface area contributed by atoms with Crippen molar-refractivity contribution in [1.29, 1.82) is 0 Å². The number of hydrogen-bond donors (Lipinski definition) is 1. The molecule has 0 aliphatic carbocycles. The molecule has 0 radical (unpaired) electrons. The lowest BCUT2D eigenvalue weighted by molar-refractivity contribution is -0.116. The van der Waals surface area contributed by atoms with Gasteiger partial charge in [0.25, 0.3) is 0 Å². The number of likely N-dealkylation sites (tertiary alicyclic amines) is 1. The van der Waals surface area contributed by atoms with Gasteiger partial charge in [0.05, 0.1) is 20.8 Å². The molecule has 1 saturated heterocycles. The Bertz CT molecular complexity index is 589. The molecule has 0 saturated carbocycles. The fraction of sp³-hybridized carbons (Fsp3) is 0.526. The summed E-state index contributed by atoms with van der Waals surface area (Å²) in [6.45, 7) is 3.38. The van der Waals surface area contributed by atoms with E-state index in [4.69, 9.17) is 14.2 Å². The maximum atomic E-state index is 12.1. The Kier molecular flexibility index (Phi) is 7.76. The van der Waals surface area contributed by atoms with Crippen LogP contribution in [-0.2, 0) is 9.53 Å². The highest BCUT2D eigenvalue weighted by Crippen LogP contribution is 2.27. The summed E-state index contributed by atoms with van der Waals surface area (Å²) in [7, 11) is 4.90. The first-order valence-corrected chi connectivity index (χ1v) is 8.59. The highest BCUT2D eigenvalue weighted by Gasteiger charge is 2.23. The molecule has 6 nitrogen and oxygen atoms in total. The molecule has 1 aliphatic rings. The second kappa shape index (κ2) is 10.1. The van der Waals surface area contributed by atoms with Crippen molar-refractivity contribution < 1.29 is 19.0 Å². The van der Waals surface area contributed by atoms with E-state index >= 15 is 0 Å². The minimum atomic E-state index is -0.0895. The van der Waals surface area contributed by atoms with Crippen LogP contribution in [0.25, 0.3) is 6.08 Å². The van der Waals surface area contributed by atoms with E-state index in [1.54, 1.807) is 33.5 Å². The lowest BCUT2D eigenvalue weighted by atomic mass is 10.2. The van der Waals surface area contributed by atoms with Crippen molar-refractivity contribution in [3.05, 3.63) is 29.8 Å². The predicted molar refractivity (Wildman–Crippen MR) is 98.1 cm³/mol. The summed E-state index contributed by atoms with van der Waals surface area (Å²) in [6.07, 6.45) is 5.61. The van der Waals surface area contributed by atoms with Crippen molar-refractivity contribution in [2.75, 3.05) is 47.6 Å². The molecule has 1 N–H and O–H groups in total. The van der Waals surface area contributed by atoms with E-state index in [9.17, 15) is 4.79 Å². The normalized spacial score (nSPS) is 17.8. The van der Waals surface area contributed by atoms with Gasteiger partial charge in [-0.2, -0.15) is 0 Å². The van der Waals surface area contributed by atoms with Gasteiger partial charge in [-0.15, -0.1) is 0 Å². The van der Waals surface area contributed by atoms with Gasteiger partial charge in [-0.05, 0) is 43.2 Å². The van der Waals surface area contributed by atoms with Crippen LogP contribution in [0.3, 0.4) is 0 Å². The van der Waals surface area contributed by atoms with Gasteiger partial charge in [0.2, 0.25) is 5.91 Å². The molecule has 0 unspecified atom stereocenters. The van der Waals surface area contributed by atoms with E-state index < -0.39 is 0 Å². The lowest BCUT2D eigenvalue weighted by Crippen LogP contribution is -2.41. The van der Waals surface area contributed by atoms with Crippen LogP contribution in [0.15, 0.2) is 24.3 Å². The van der Waals surface area contributed by atoms with Crippen molar-refractivity contribution in [2.45, 2.75) is 18.9 Å². The van der Waals surface area contributed by atoms with Crippen molar-refractivity contribution in [3.8, 4) is 11.5 Å².